The second-order valence-corrected chi connectivity index (χ2v) is 3.52. The number of pyridine rings is 1. The lowest BCUT2D eigenvalue weighted by molar-refractivity contribution is 0.323. The molecule has 1 aromatic heterocycles. The third kappa shape index (κ3) is 1.15. The molecule has 1 aliphatic rings. The first-order chi connectivity index (χ1) is 6.27. The summed E-state index contributed by atoms with van der Waals surface area (Å²) in [5.41, 5.74) is 6.22. The molecule has 1 aromatic rings. The average molecular weight is 173 g/mol. The number of nitriles is 1. The predicted octanol–water partition coefficient (Wildman–Crippen LogP) is 1.61. The molecule has 1 aliphatic carbocycles. The maximum atomic E-state index is 9.05. The largest absolute Gasteiger partial charge is 0.384 e. The number of nitrogens with zero attached hydrogens (tertiary/aromatic N) is 2. The lowest BCUT2D eigenvalue weighted by Crippen LogP contribution is -2.32. The van der Waals surface area contributed by atoms with Gasteiger partial charge in [0.15, 0.2) is 0 Å². The highest BCUT2D eigenvalue weighted by Gasteiger charge is 2.39. The molecule has 0 bridgehead atoms. The van der Waals surface area contributed by atoms with Crippen LogP contribution in [0, 0.1) is 11.3 Å². The second-order valence-electron chi connectivity index (χ2n) is 3.52. The third-order valence-electron chi connectivity index (χ3n) is 2.76. The van der Waals surface area contributed by atoms with Crippen molar-refractivity contribution in [2.24, 2.45) is 0 Å². The van der Waals surface area contributed by atoms with Gasteiger partial charge in [0.25, 0.3) is 0 Å². The van der Waals surface area contributed by atoms with E-state index in [0.717, 1.165) is 24.8 Å². The number of hydrogen-bond donors (Lipinski definition) is 1. The van der Waals surface area contributed by atoms with Crippen molar-refractivity contribution >= 4 is 5.82 Å². The van der Waals surface area contributed by atoms with Crippen LogP contribution in [0.2, 0.25) is 0 Å². The number of nitrogens with two attached hydrogens (primary N) is 1. The molecule has 66 valence electrons. The highest BCUT2D eigenvalue weighted by molar-refractivity contribution is 5.38. The number of nitrogen functional groups attached to an aromatic ring is 1. The molecule has 0 radical (unpaired) electrons. The summed E-state index contributed by atoms with van der Waals surface area (Å²) in [5.74, 6) is 0.510. The third-order valence-corrected chi connectivity index (χ3v) is 2.76. The van der Waals surface area contributed by atoms with Crippen molar-refractivity contribution in [3.8, 4) is 6.07 Å². The summed E-state index contributed by atoms with van der Waals surface area (Å²) in [4.78, 5) is 4.00. The molecule has 2 rings (SSSR count). The maximum Gasteiger partial charge on any atom is 0.123 e. The van der Waals surface area contributed by atoms with Gasteiger partial charge in [0.1, 0.15) is 5.82 Å². The van der Waals surface area contributed by atoms with E-state index in [9.17, 15) is 0 Å². The Labute approximate surface area is 77.2 Å². The van der Waals surface area contributed by atoms with Crippen molar-refractivity contribution in [1.82, 2.24) is 4.98 Å². The SMILES string of the molecule is N#CC1(c2ccc(N)nc2)CCC1. The molecule has 0 aromatic carbocycles. The Morgan fingerprint density at radius 3 is 2.62 bits per heavy atom. The molecule has 3 nitrogen and oxygen atoms in total. The zero-order valence-corrected chi connectivity index (χ0v) is 7.33. The first-order valence-electron chi connectivity index (χ1n) is 4.40. The summed E-state index contributed by atoms with van der Waals surface area (Å²) in [7, 11) is 0. The lowest BCUT2D eigenvalue weighted by atomic mass is 9.66. The van der Waals surface area contributed by atoms with Crippen molar-refractivity contribution in [3.63, 3.8) is 0 Å². The zero-order valence-electron chi connectivity index (χ0n) is 7.33. The normalized spacial score (nSPS) is 18.7. The van der Waals surface area contributed by atoms with Crippen molar-refractivity contribution in [2.45, 2.75) is 24.7 Å². The fourth-order valence-electron chi connectivity index (χ4n) is 1.68. The van der Waals surface area contributed by atoms with E-state index in [-0.39, 0.29) is 5.41 Å². The lowest BCUT2D eigenvalue weighted by Gasteiger charge is -2.35. The van der Waals surface area contributed by atoms with Gasteiger partial charge >= 0.3 is 0 Å². The van der Waals surface area contributed by atoms with Gasteiger partial charge in [-0.25, -0.2) is 4.98 Å². The molecule has 0 aliphatic heterocycles. The van der Waals surface area contributed by atoms with Crippen molar-refractivity contribution in [3.05, 3.63) is 23.9 Å². The van der Waals surface area contributed by atoms with E-state index in [1.54, 1.807) is 12.3 Å². The molecule has 2 N–H and O–H groups in total. The van der Waals surface area contributed by atoms with Gasteiger partial charge in [-0.05, 0) is 30.9 Å². The first-order valence-corrected chi connectivity index (χ1v) is 4.40. The van der Waals surface area contributed by atoms with E-state index in [0.29, 0.717) is 5.82 Å². The fourth-order valence-corrected chi connectivity index (χ4v) is 1.68. The van der Waals surface area contributed by atoms with Crippen LogP contribution in [0.1, 0.15) is 24.8 Å². The Morgan fingerprint density at radius 1 is 1.46 bits per heavy atom. The number of aromatic nitrogens is 1. The Kier molecular flexibility index (Phi) is 1.70. The summed E-state index contributed by atoms with van der Waals surface area (Å²) in [5, 5.41) is 9.05. The Morgan fingerprint density at radius 2 is 2.23 bits per heavy atom. The Bertz CT molecular complexity index is 343. The summed E-state index contributed by atoms with van der Waals surface area (Å²) < 4.78 is 0. The summed E-state index contributed by atoms with van der Waals surface area (Å²) in [6.07, 6.45) is 4.76. The highest BCUT2D eigenvalue weighted by atomic mass is 14.8. The minimum absolute atomic E-state index is 0.263. The Hall–Kier alpha value is -1.56. The van der Waals surface area contributed by atoms with E-state index in [1.807, 2.05) is 6.07 Å². The zero-order chi connectivity index (χ0) is 9.31. The van der Waals surface area contributed by atoms with Crippen LogP contribution in [0.25, 0.3) is 0 Å². The summed E-state index contributed by atoms with van der Waals surface area (Å²) >= 11 is 0. The number of hydrogen-bond acceptors (Lipinski definition) is 3. The molecule has 0 unspecified atom stereocenters. The smallest absolute Gasteiger partial charge is 0.123 e. The van der Waals surface area contributed by atoms with Crippen LogP contribution in [0.4, 0.5) is 5.82 Å². The highest BCUT2D eigenvalue weighted by Crippen LogP contribution is 2.42. The van der Waals surface area contributed by atoms with E-state index >= 15 is 0 Å². The van der Waals surface area contributed by atoms with Gasteiger partial charge in [-0.3, -0.25) is 0 Å². The van der Waals surface area contributed by atoms with Crippen LogP contribution >= 0.6 is 0 Å². The monoisotopic (exact) mass is 173 g/mol. The van der Waals surface area contributed by atoms with Crippen molar-refractivity contribution < 1.29 is 0 Å². The van der Waals surface area contributed by atoms with Gasteiger partial charge in [0, 0.05) is 6.20 Å². The Balaban J connectivity index is 2.35. The molecule has 1 saturated carbocycles. The van der Waals surface area contributed by atoms with Crippen LogP contribution in [0.3, 0.4) is 0 Å². The van der Waals surface area contributed by atoms with Crippen LogP contribution in [-0.2, 0) is 5.41 Å². The topological polar surface area (TPSA) is 62.7 Å². The number of anilines is 1. The van der Waals surface area contributed by atoms with Crippen LogP contribution in [-0.4, -0.2) is 4.98 Å². The van der Waals surface area contributed by atoms with E-state index < -0.39 is 0 Å². The fraction of sp³-hybridized carbons (Fsp3) is 0.400. The van der Waals surface area contributed by atoms with Gasteiger partial charge in [-0.15, -0.1) is 0 Å². The van der Waals surface area contributed by atoms with Crippen molar-refractivity contribution in [2.75, 3.05) is 5.73 Å². The van der Waals surface area contributed by atoms with Crippen LogP contribution in [0.15, 0.2) is 18.3 Å². The van der Waals surface area contributed by atoms with Gasteiger partial charge in [-0.2, -0.15) is 5.26 Å². The molecule has 13 heavy (non-hydrogen) atoms. The van der Waals surface area contributed by atoms with Gasteiger partial charge in [-0.1, -0.05) is 6.07 Å². The predicted molar refractivity (Wildman–Crippen MR) is 49.8 cm³/mol. The maximum absolute atomic E-state index is 9.05. The van der Waals surface area contributed by atoms with Gasteiger partial charge < -0.3 is 5.73 Å². The molecule has 1 heterocycles. The summed E-state index contributed by atoms with van der Waals surface area (Å²) in [6, 6.07) is 6.03. The minimum Gasteiger partial charge on any atom is -0.384 e. The van der Waals surface area contributed by atoms with Crippen molar-refractivity contribution in [1.29, 1.82) is 5.26 Å². The second kappa shape index (κ2) is 2.74. The molecule has 3 heteroatoms. The quantitative estimate of drug-likeness (QED) is 0.701. The van der Waals surface area contributed by atoms with Gasteiger partial charge in [0.2, 0.25) is 0 Å². The number of rotatable bonds is 1. The minimum atomic E-state index is -0.263. The molecule has 0 saturated heterocycles. The van der Waals surface area contributed by atoms with Crippen LogP contribution < -0.4 is 5.73 Å². The van der Waals surface area contributed by atoms with E-state index in [1.165, 1.54) is 0 Å². The molecule has 0 amide bonds. The van der Waals surface area contributed by atoms with Crippen LogP contribution in [0.5, 0.6) is 0 Å². The molecular weight excluding hydrogens is 162 g/mol. The van der Waals surface area contributed by atoms with E-state index in [4.69, 9.17) is 11.0 Å². The molecular formula is C10H11N3. The summed E-state index contributed by atoms with van der Waals surface area (Å²) in [6.45, 7) is 0. The first kappa shape index (κ1) is 8.06. The van der Waals surface area contributed by atoms with E-state index in [2.05, 4.69) is 11.1 Å². The molecule has 0 atom stereocenters. The van der Waals surface area contributed by atoms with Gasteiger partial charge in [0.05, 0.1) is 11.5 Å². The molecule has 1 fully saturated rings. The standard InChI is InChI=1S/C10H11N3/c11-7-10(4-1-5-10)8-2-3-9(12)13-6-8/h2-3,6H,1,4-5H2,(H2,12,13). The molecule has 0 spiro atoms. The average Bonchev–Trinajstić information content (AvgIpc) is 2.07.